The smallest absolute Gasteiger partial charge is 0.105 e. The molecule has 0 unspecified atom stereocenters. The number of nitrogens with zero attached hydrogens (tertiary/aromatic N) is 5. The molecule has 0 saturated heterocycles. The lowest BCUT2D eigenvalue weighted by Gasteiger charge is -2.13. The zero-order chi connectivity index (χ0) is 37.4. The molecule has 0 bridgehead atoms. The molecule has 0 aliphatic carbocycles. The van der Waals surface area contributed by atoms with Crippen molar-refractivity contribution in [2.75, 3.05) is 0 Å². The first-order valence-corrected chi connectivity index (χ1v) is 20.0. The molecule has 0 N–H and O–H groups in total. The van der Waals surface area contributed by atoms with Crippen molar-refractivity contribution in [2.24, 2.45) is 0 Å². The minimum Gasteiger partial charge on any atom is -0.372 e. The van der Waals surface area contributed by atoms with Gasteiger partial charge in [0, 0.05) is 71.4 Å². The largest absolute Gasteiger partial charge is 0.372 e. The number of hydrogen-bond acceptors (Lipinski definition) is 6. The molecular formula is C40H41Cl4N5OS2. The lowest BCUT2D eigenvalue weighted by Crippen LogP contribution is -2.05. The molecule has 6 rings (SSSR count). The zero-order valence-electron chi connectivity index (χ0n) is 29.9. The van der Waals surface area contributed by atoms with Gasteiger partial charge in [0.25, 0.3) is 0 Å². The van der Waals surface area contributed by atoms with Gasteiger partial charge in [-0.15, -0.1) is 0 Å². The van der Waals surface area contributed by atoms with E-state index in [0.29, 0.717) is 33.3 Å². The number of rotatable bonds is 12. The van der Waals surface area contributed by atoms with Gasteiger partial charge >= 0.3 is 0 Å². The normalized spacial score (nSPS) is 11.3. The standard InChI is InChI=1S/C21H22Cl2N2OS.C19H19Cl2N3S/c1-14(2)25-21(27-19-10-17(22)9-18(23)11-19)20(15(3)24-25)13-26-12-16-7-5-4-6-8-16;1-12(2)24-19(25-17-9-14(20)8-15(21)10-17)18(13(3)23-24)11-16-6-4-5-7-22-16/h4-11,14H,12-13H2,1-3H3;4-10,12H,11H2,1-3H3. The van der Waals surface area contributed by atoms with E-state index in [2.05, 4.69) is 49.5 Å². The van der Waals surface area contributed by atoms with Crippen LogP contribution in [0.2, 0.25) is 20.1 Å². The molecule has 0 aliphatic heterocycles. The second kappa shape index (κ2) is 18.9. The van der Waals surface area contributed by atoms with Gasteiger partial charge in [-0.1, -0.05) is 106 Å². The quantitative estimate of drug-likeness (QED) is 0.123. The van der Waals surface area contributed by atoms with Crippen molar-refractivity contribution in [3.63, 3.8) is 0 Å². The monoisotopic (exact) mass is 811 g/mol. The van der Waals surface area contributed by atoms with Crippen LogP contribution in [0, 0.1) is 13.8 Å². The number of benzene rings is 3. The van der Waals surface area contributed by atoms with Crippen LogP contribution < -0.4 is 0 Å². The molecule has 3 heterocycles. The third-order valence-electron chi connectivity index (χ3n) is 7.84. The molecule has 6 nitrogen and oxygen atoms in total. The van der Waals surface area contributed by atoms with Crippen LogP contribution in [0.1, 0.15) is 73.6 Å². The molecule has 0 aliphatic rings. The molecule has 0 radical (unpaired) electrons. The SMILES string of the molecule is Cc1nn(C(C)C)c(Sc2cc(Cl)cc(Cl)c2)c1COCc1ccccc1.Cc1nn(C(C)C)c(Sc2cc(Cl)cc(Cl)c2)c1Cc1ccccn1. The Morgan fingerprint density at radius 2 is 1.10 bits per heavy atom. The highest BCUT2D eigenvalue weighted by molar-refractivity contribution is 7.99. The summed E-state index contributed by atoms with van der Waals surface area (Å²) in [7, 11) is 0. The summed E-state index contributed by atoms with van der Waals surface area (Å²) in [5.74, 6) is 0. The van der Waals surface area contributed by atoms with Crippen molar-refractivity contribution in [1.82, 2.24) is 24.5 Å². The molecule has 3 aromatic carbocycles. The Morgan fingerprint density at radius 3 is 1.58 bits per heavy atom. The first-order valence-electron chi connectivity index (χ1n) is 16.8. The fraction of sp³-hybridized carbons (Fsp3) is 0.275. The second-order valence-electron chi connectivity index (χ2n) is 12.7. The Hall–Kier alpha value is -2.95. The summed E-state index contributed by atoms with van der Waals surface area (Å²) in [6, 6.07) is 27.8. The van der Waals surface area contributed by atoms with Crippen molar-refractivity contribution >= 4 is 69.9 Å². The second-order valence-corrected chi connectivity index (χ2v) is 16.6. The van der Waals surface area contributed by atoms with E-state index in [1.165, 1.54) is 5.56 Å². The van der Waals surface area contributed by atoms with E-state index in [1.807, 2.05) is 85.4 Å². The van der Waals surface area contributed by atoms with Gasteiger partial charge in [0.2, 0.25) is 0 Å². The van der Waals surface area contributed by atoms with Gasteiger partial charge in [-0.3, -0.25) is 14.3 Å². The van der Waals surface area contributed by atoms with E-state index < -0.39 is 0 Å². The molecule has 52 heavy (non-hydrogen) atoms. The van der Waals surface area contributed by atoms with Gasteiger partial charge in [0.05, 0.1) is 24.6 Å². The van der Waals surface area contributed by atoms with Crippen molar-refractivity contribution < 1.29 is 4.74 Å². The fourth-order valence-corrected chi connectivity index (χ4v) is 9.20. The van der Waals surface area contributed by atoms with E-state index >= 15 is 0 Å². The highest BCUT2D eigenvalue weighted by atomic mass is 35.5. The highest BCUT2D eigenvalue weighted by Crippen LogP contribution is 2.38. The summed E-state index contributed by atoms with van der Waals surface area (Å²) in [5, 5.41) is 14.2. The summed E-state index contributed by atoms with van der Waals surface area (Å²) in [6.45, 7) is 13.6. The number of halogens is 4. The average Bonchev–Trinajstić information content (AvgIpc) is 3.56. The predicted octanol–water partition coefficient (Wildman–Crippen LogP) is 13.2. The van der Waals surface area contributed by atoms with E-state index in [4.69, 9.17) is 61.3 Å². The maximum Gasteiger partial charge on any atom is 0.105 e. The van der Waals surface area contributed by atoms with Crippen LogP contribution in [0.5, 0.6) is 0 Å². The fourth-order valence-electron chi connectivity index (χ4n) is 5.33. The Labute approximate surface area is 335 Å². The maximum atomic E-state index is 6.17. The topological polar surface area (TPSA) is 57.8 Å². The molecule has 6 aromatic rings. The third-order valence-corrected chi connectivity index (χ3v) is 10.9. The molecule has 0 saturated carbocycles. The van der Waals surface area contributed by atoms with Crippen LogP contribution in [0.25, 0.3) is 0 Å². The Kier molecular flexibility index (Phi) is 14.6. The van der Waals surface area contributed by atoms with Crippen LogP contribution in [-0.4, -0.2) is 24.5 Å². The molecule has 3 aromatic heterocycles. The van der Waals surface area contributed by atoms with Gasteiger partial charge in [-0.05, 0) is 95.6 Å². The summed E-state index contributed by atoms with van der Waals surface area (Å²) >= 11 is 27.9. The van der Waals surface area contributed by atoms with Crippen molar-refractivity contribution in [1.29, 1.82) is 0 Å². The zero-order valence-corrected chi connectivity index (χ0v) is 34.6. The highest BCUT2D eigenvalue weighted by Gasteiger charge is 2.21. The van der Waals surface area contributed by atoms with E-state index in [1.54, 1.807) is 35.7 Å². The average molecular weight is 814 g/mol. The van der Waals surface area contributed by atoms with Gasteiger partial charge < -0.3 is 4.74 Å². The summed E-state index contributed by atoms with van der Waals surface area (Å²) in [4.78, 5) is 6.44. The molecule has 12 heteroatoms. The van der Waals surface area contributed by atoms with Crippen molar-refractivity contribution in [2.45, 2.75) is 93.1 Å². The van der Waals surface area contributed by atoms with Crippen LogP contribution in [-0.2, 0) is 24.4 Å². The van der Waals surface area contributed by atoms with E-state index in [9.17, 15) is 0 Å². The van der Waals surface area contributed by atoms with Gasteiger partial charge in [0.1, 0.15) is 10.1 Å². The Balaban J connectivity index is 0.000000202. The van der Waals surface area contributed by atoms with Crippen LogP contribution in [0.4, 0.5) is 0 Å². The van der Waals surface area contributed by atoms with Gasteiger partial charge in [0.15, 0.2) is 0 Å². The van der Waals surface area contributed by atoms with Crippen LogP contribution in [0.3, 0.4) is 0 Å². The van der Waals surface area contributed by atoms with E-state index in [0.717, 1.165) is 54.5 Å². The summed E-state index contributed by atoms with van der Waals surface area (Å²) in [5.41, 5.74) is 6.47. The number of aryl methyl sites for hydroxylation is 2. The van der Waals surface area contributed by atoms with Crippen molar-refractivity contribution in [3.05, 3.63) is 145 Å². The Morgan fingerprint density at radius 1 is 0.615 bits per heavy atom. The number of ether oxygens (including phenoxy) is 1. The molecule has 272 valence electrons. The number of pyridine rings is 1. The summed E-state index contributed by atoms with van der Waals surface area (Å²) < 4.78 is 10.1. The first kappa shape index (κ1) is 40.2. The maximum absolute atomic E-state index is 6.17. The third kappa shape index (κ3) is 11.0. The van der Waals surface area contributed by atoms with Crippen LogP contribution in [0.15, 0.2) is 111 Å². The van der Waals surface area contributed by atoms with E-state index in [-0.39, 0.29) is 12.1 Å². The van der Waals surface area contributed by atoms with Gasteiger partial charge in [-0.25, -0.2) is 0 Å². The molecule has 0 fully saturated rings. The van der Waals surface area contributed by atoms with Crippen molar-refractivity contribution in [3.8, 4) is 0 Å². The van der Waals surface area contributed by atoms with Gasteiger partial charge in [-0.2, -0.15) is 10.2 Å². The molecule has 0 amide bonds. The minimum atomic E-state index is 0.240. The lowest BCUT2D eigenvalue weighted by atomic mass is 10.1. The molecule has 0 spiro atoms. The summed E-state index contributed by atoms with van der Waals surface area (Å²) in [6.07, 6.45) is 2.57. The molecule has 0 atom stereocenters. The lowest BCUT2D eigenvalue weighted by molar-refractivity contribution is 0.105. The van der Waals surface area contributed by atoms with Crippen LogP contribution >= 0.6 is 69.9 Å². The first-order chi connectivity index (χ1) is 24.9. The Bertz CT molecular complexity index is 2050. The number of hydrogen-bond donors (Lipinski definition) is 0. The predicted molar refractivity (Wildman–Crippen MR) is 218 cm³/mol. The number of aromatic nitrogens is 5. The molecular weight excluding hydrogens is 772 g/mol. The minimum absolute atomic E-state index is 0.240.